The van der Waals surface area contributed by atoms with E-state index in [1.165, 1.54) is 6.92 Å². The number of carbonyl (C=O) groups excluding carboxylic acids is 2. The third-order valence-electron chi connectivity index (χ3n) is 5.84. The molecule has 2 aliphatic rings. The number of aryl methyl sites for hydroxylation is 1. The van der Waals surface area contributed by atoms with Crippen molar-refractivity contribution in [3.63, 3.8) is 0 Å². The van der Waals surface area contributed by atoms with Gasteiger partial charge in [0.15, 0.2) is 11.6 Å². The summed E-state index contributed by atoms with van der Waals surface area (Å²) in [7, 11) is 0. The lowest BCUT2D eigenvalue weighted by atomic mass is 9.73. The maximum atomic E-state index is 12.8. The number of hydrogen-bond acceptors (Lipinski definition) is 7. The average Bonchev–Trinajstić information content (AvgIpc) is 2.99. The van der Waals surface area contributed by atoms with E-state index in [1.807, 2.05) is 27.7 Å². The maximum absolute atomic E-state index is 12.8. The number of ketones is 2. The number of aliphatic imine (C=N–C) groups is 1. The molecule has 1 saturated carbocycles. The van der Waals surface area contributed by atoms with E-state index >= 15 is 0 Å². The number of carbonyl (C=O) groups is 3. The third kappa shape index (κ3) is 4.94. The second-order valence-corrected chi connectivity index (χ2v) is 10.2. The van der Waals surface area contributed by atoms with Crippen LogP contribution in [0.5, 0.6) is 0 Å². The number of aliphatic hydroxyl groups excluding tert-OH is 1. The van der Waals surface area contributed by atoms with Gasteiger partial charge in [0.25, 0.3) is 0 Å². The van der Waals surface area contributed by atoms with Crippen molar-refractivity contribution >= 4 is 23.2 Å². The molecule has 0 saturated heterocycles. The first-order valence-electron chi connectivity index (χ1n) is 10.6. The lowest BCUT2D eigenvalue weighted by Crippen LogP contribution is -2.34. The molecule has 0 radical (unpaired) electrons. The Labute approximate surface area is 181 Å². The lowest BCUT2D eigenvalue weighted by Gasteiger charge is -2.31. The zero-order valence-corrected chi connectivity index (χ0v) is 18.7. The maximum Gasteiger partial charge on any atom is 0.328 e. The topological polar surface area (TPSA) is 130 Å². The Morgan fingerprint density at radius 1 is 1.06 bits per heavy atom. The Bertz CT molecular complexity index is 996. The van der Waals surface area contributed by atoms with E-state index in [2.05, 4.69) is 10.1 Å². The Hall–Kier alpha value is -2.77. The van der Waals surface area contributed by atoms with Crippen LogP contribution in [0, 0.1) is 10.8 Å². The predicted molar refractivity (Wildman–Crippen MR) is 113 cm³/mol. The zero-order chi connectivity index (χ0) is 23.1. The highest BCUT2D eigenvalue weighted by molar-refractivity contribution is 6.25. The molecule has 1 aromatic rings. The normalized spacial score (nSPS) is 24.1. The van der Waals surface area contributed by atoms with Gasteiger partial charge in [-0.1, -0.05) is 32.9 Å². The van der Waals surface area contributed by atoms with Crippen molar-refractivity contribution in [2.45, 2.75) is 79.2 Å². The molecule has 1 aromatic heterocycles. The summed E-state index contributed by atoms with van der Waals surface area (Å²) in [6.07, 6.45) is 1.96. The first kappa shape index (κ1) is 22.9. The van der Waals surface area contributed by atoms with E-state index < -0.39 is 12.0 Å². The van der Waals surface area contributed by atoms with E-state index in [4.69, 9.17) is 4.52 Å². The van der Waals surface area contributed by atoms with Crippen LogP contribution in [0.15, 0.2) is 20.8 Å². The molecule has 0 spiro atoms. The molecule has 0 amide bonds. The summed E-state index contributed by atoms with van der Waals surface area (Å²) in [6.45, 7) is 9.26. The van der Waals surface area contributed by atoms with Crippen LogP contribution in [0.1, 0.15) is 82.1 Å². The molecule has 2 N–H and O–H groups in total. The zero-order valence-electron chi connectivity index (χ0n) is 18.7. The van der Waals surface area contributed by atoms with Gasteiger partial charge in [0.2, 0.25) is 0 Å². The van der Waals surface area contributed by atoms with Crippen LogP contribution in [0.4, 0.5) is 0 Å². The third-order valence-corrected chi connectivity index (χ3v) is 5.84. The van der Waals surface area contributed by atoms with Gasteiger partial charge in [-0.2, -0.15) is 0 Å². The number of aliphatic carboxylic acids is 1. The van der Waals surface area contributed by atoms with Crippen molar-refractivity contribution in [2.75, 3.05) is 0 Å². The molecule has 31 heavy (non-hydrogen) atoms. The molecule has 168 valence electrons. The molecule has 3 rings (SSSR count). The Kier molecular flexibility index (Phi) is 5.95. The fourth-order valence-electron chi connectivity index (χ4n) is 4.37. The van der Waals surface area contributed by atoms with Crippen LogP contribution in [0.3, 0.4) is 0 Å². The summed E-state index contributed by atoms with van der Waals surface area (Å²) in [4.78, 5) is 40.9. The van der Waals surface area contributed by atoms with E-state index in [1.54, 1.807) is 0 Å². The van der Waals surface area contributed by atoms with Gasteiger partial charge in [0.05, 0.1) is 22.5 Å². The summed E-state index contributed by atoms with van der Waals surface area (Å²) in [5, 5.41) is 24.0. The molecule has 2 aliphatic carbocycles. The molecule has 1 heterocycles. The molecule has 1 atom stereocenters. The van der Waals surface area contributed by atoms with Gasteiger partial charge >= 0.3 is 5.97 Å². The highest BCUT2D eigenvalue weighted by Crippen LogP contribution is 2.38. The molecule has 8 nitrogen and oxygen atoms in total. The molecule has 8 heteroatoms. The predicted octanol–water partition coefficient (Wildman–Crippen LogP) is 3.88. The van der Waals surface area contributed by atoms with Crippen LogP contribution < -0.4 is 0 Å². The number of aromatic nitrogens is 1. The summed E-state index contributed by atoms with van der Waals surface area (Å²) in [5.41, 5.74) is 0.817. The van der Waals surface area contributed by atoms with Gasteiger partial charge < -0.3 is 14.7 Å². The van der Waals surface area contributed by atoms with Crippen molar-refractivity contribution in [3.05, 3.63) is 28.3 Å². The summed E-state index contributed by atoms with van der Waals surface area (Å²) < 4.78 is 5.39. The minimum absolute atomic E-state index is 0.0253. The smallest absolute Gasteiger partial charge is 0.328 e. The van der Waals surface area contributed by atoms with Gasteiger partial charge in [-0.05, 0) is 24.2 Å². The Balaban J connectivity index is 1.88. The Morgan fingerprint density at radius 3 is 2.32 bits per heavy atom. The second kappa shape index (κ2) is 8.05. The Morgan fingerprint density at radius 2 is 1.68 bits per heavy atom. The number of allylic oxidation sites excluding steroid dienone is 2. The molecule has 0 aliphatic heterocycles. The van der Waals surface area contributed by atoms with Crippen molar-refractivity contribution in [3.8, 4) is 0 Å². The minimum atomic E-state index is -1.10. The number of aliphatic hydroxyl groups is 1. The van der Waals surface area contributed by atoms with Gasteiger partial charge in [0.1, 0.15) is 17.6 Å². The fraction of sp³-hybridized carbons (Fsp3) is 0.609. The molecular weight excluding hydrogens is 400 g/mol. The summed E-state index contributed by atoms with van der Waals surface area (Å²) in [5.74, 6) is -0.973. The highest BCUT2D eigenvalue weighted by Gasteiger charge is 2.38. The van der Waals surface area contributed by atoms with Crippen LogP contribution in [0.25, 0.3) is 0 Å². The largest absolute Gasteiger partial charge is 0.511 e. The number of nitrogens with zero attached hydrogens (tertiary/aromatic N) is 2. The van der Waals surface area contributed by atoms with Crippen molar-refractivity contribution in [2.24, 2.45) is 15.8 Å². The number of rotatable bonds is 5. The first-order chi connectivity index (χ1) is 14.3. The van der Waals surface area contributed by atoms with Gasteiger partial charge in [-0.25, -0.2) is 4.79 Å². The number of Topliss-reactive ketones (excluding diaryl/α,β-unsaturated/α-hetero) is 2. The molecular formula is C23H30N2O6. The van der Waals surface area contributed by atoms with Crippen molar-refractivity contribution in [1.82, 2.24) is 5.16 Å². The minimum Gasteiger partial charge on any atom is -0.511 e. The van der Waals surface area contributed by atoms with Gasteiger partial charge in [0, 0.05) is 32.1 Å². The van der Waals surface area contributed by atoms with Crippen LogP contribution in [0.2, 0.25) is 0 Å². The molecule has 0 aromatic carbocycles. The number of fused-ring (bicyclic) bond motifs is 1. The van der Waals surface area contributed by atoms with E-state index in [0.717, 1.165) is 0 Å². The van der Waals surface area contributed by atoms with E-state index in [0.29, 0.717) is 42.0 Å². The van der Waals surface area contributed by atoms with Crippen molar-refractivity contribution < 1.29 is 29.1 Å². The van der Waals surface area contributed by atoms with Gasteiger partial charge in [-0.15, -0.1) is 0 Å². The monoisotopic (exact) mass is 430 g/mol. The lowest BCUT2D eigenvalue weighted by molar-refractivity contribution is -0.138. The fourth-order valence-corrected chi connectivity index (χ4v) is 4.37. The van der Waals surface area contributed by atoms with Gasteiger partial charge in [-0.3, -0.25) is 14.6 Å². The highest BCUT2D eigenvalue weighted by atomic mass is 16.5. The standard InChI is InChI=1S/C23H30N2O6/c1-12(21(29)30)24-14-8-22(2,3)9-16(27)19(14)15(26)7-6-13-20-17(28)10-23(4,5)11-18(20)31-25-13/h12,26H,6-11H2,1-5H3,(H,29,30). The average molecular weight is 431 g/mol. The second-order valence-electron chi connectivity index (χ2n) is 10.2. The number of carboxylic acids is 1. The quantitative estimate of drug-likeness (QED) is 0.535. The summed E-state index contributed by atoms with van der Waals surface area (Å²) >= 11 is 0. The molecule has 1 unspecified atom stereocenters. The van der Waals surface area contributed by atoms with E-state index in [-0.39, 0.29) is 53.0 Å². The molecule has 0 bridgehead atoms. The van der Waals surface area contributed by atoms with E-state index in [9.17, 15) is 24.6 Å². The van der Waals surface area contributed by atoms with Crippen LogP contribution in [-0.2, 0) is 22.4 Å². The number of carboxylic acid groups (broad SMARTS) is 1. The number of hydrogen-bond donors (Lipinski definition) is 2. The first-order valence-corrected chi connectivity index (χ1v) is 10.6. The van der Waals surface area contributed by atoms with Crippen LogP contribution in [-0.4, -0.2) is 44.7 Å². The molecule has 1 fully saturated rings. The summed E-state index contributed by atoms with van der Waals surface area (Å²) in [6, 6.07) is -1.02. The van der Waals surface area contributed by atoms with Crippen molar-refractivity contribution in [1.29, 1.82) is 0 Å². The van der Waals surface area contributed by atoms with Crippen LogP contribution >= 0.6 is 0 Å². The SMILES string of the molecule is CC(N=C1CC(C)(C)CC(=O)C1=C(O)CCc1noc2c1C(=O)CC(C)(C)C2)C(=O)O.